The van der Waals surface area contributed by atoms with Crippen LogP contribution < -0.4 is 15.4 Å². The molecule has 4 amide bonds. The van der Waals surface area contributed by atoms with Crippen molar-refractivity contribution < 1.29 is 24.0 Å². The highest BCUT2D eigenvalue weighted by molar-refractivity contribution is 6.09. The number of carbonyl (C=O) groups excluding carboxylic acids is 3. The fourth-order valence-corrected chi connectivity index (χ4v) is 3.29. The summed E-state index contributed by atoms with van der Waals surface area (Å²) in [4.78, 5) is 48.6. The van der Waals surface area contributed by atoms with Gasteiger partial charge in [0.1, 0.15) is 17.8 Å². The number of imide groups is 1. The van der Waals surface area contributed by atoms with E-state index in [-0.39, 0.29) is 5.69 Å². The number of ether oxygens (including phenoxy) is 1. The number of methoxy groups -OCH3 is 1. The summed E-state index contributed by atoms with van der Waals surface area (Å²) in [6.07, 6.45) is 0.580. The molecule has 3 rings (SSSR count). The molecule has 1 aliphatic rings. The predicted octanol–water partition coefficient (Wildman–Crippen LogP) is 1.73. The highest BCUT2D eigenvalue weighted by Crippen LogP contribution is 2.29. The number of hydrogen-bond acceptors (Lipinski definition) is 6. The zero-order chi connectivity index (χ0) is 22.6. The van der Waals surface area contributed by atoms with Crippen molar-refractivity contribution in [1.82, 2.24) is 15.5 Å². The van der Waals surface area contributed by atoms with Crippen LogP contribution >= 0.6 is 0 Å². The lowest BCUT2D eigenvalue weighted by molar-refractivity contribution is -0.384. The molecule has 31 heavy (non-hydrogen) atoms. The molecule has 1 fully saturated rings. The maximum Gasteiger partial charge on any atom is 0.325 e. The quantitative estimate of drug-likeness (QED) is 0.375. The number of nitro groups is 1. The second kappa shape index (κ2) is 8.82. The maximum atomic E-state index is 12.9. The van der Waals surface area contributed by atoms with Gasteiger partial charge in [0.2, 0.25) is 5.91 Å². The number of benzene rings is 2. The van der Waals surface area contributed by atoms with Crippen molar-refractivity contribution in [1.29, 1.82) is 0 Å². The molecule has 0 bridgehead atoms. The third-order valence-corrected chi connectivity index (χ3v) is 5.13. The average molecular weight is 426 g/mol. The van der Waals surface area contributed by atoms with Gasteiger partial charge in [0.05, 0.1) is 12.0 Å². The first-order valence-corrected chi connectivity index (χ1v) is 9.53. The van der Waals surface area contributed by atoms with Crippen molar-refractivity contribution in [3.8, 4) is 5.75 Å². The standard InChI is InChI=1S/C21H22N4O6/c1-21(15-5-7-16(8-6-15)25(29)30)19(27)24(20(28)23-21)13-18(26)22-12-11-14-3-9-17(31-2)10-4-14/h3-10H,11-13H2,1-2H3,(H,22,26)(H,23,28)/t21-/m0/s1. The number of non-ortho nitro benzene ring substituents is 1. The Kier molecular flexibility index (Phi) is 6.19. The Bertz CT molecular complexity index is 1010. The molecular formula is C21H22N4O6. The molecule has 1 heterocycles. The van der Waals surface area contributed by atoms with Crippen LogP contribution in [0.5, 0.6) is 5.75 Å². The van der Waals surface area contributed by atoms with Gasteiger partial charge in [-0.05, 0) is 48.7 Å². The minimum absolute atomic E-state index is 0.128. The minimum Gasteiger partial charge on any atom is -0.497 e. The summed E-state index contributed by atoms with van der Waals surface area (Å²) in [5.74, 6) is -0.330. The summed E-state index contributed by atoms with van der Waals surface area (Å²) in [6, 6.07) is 12.1. The smallest absolute Gasteiger partial charge is 0.325 e. The number of urea groups is 1. The van der Waals surface area contributed by atoms with Crippen LogP contribution in [0, 0.1) is 10.1 Å². The second-order valence-electron chi connectivity index (χ2n) is 7.20. The van der Waals surface area contributed by atoms with Crippen LogP contribution in [0.25, 0.3) is 0 Å². The lowest BCUT2D eigenvalue weighted by Gasteiger charge is -2.22. The van der Waals surface area contributed by atoms with Gasteiger partial charge in [-0.25, -0.2) is 4.79 Å². The molecule has 2 aromatic rings. The summed E-state index contributed by atoms with van der Waals surface area (Å²) in [6.45, 7) is 1.42. The second-order valence-corrected chi connectivity index (χ2v) is 7.20. The summed E-state index contributed by atoms with van der Waals surface area (Å²) in [5.41, 5.74) is -0.145. The normalized spacial score (nSPS) is 17.9. The Balaban J connectivity index is 1.58. The molecule has 1 atom stereocenters. The molecule has 10 nitrogen and oxygen atoms in total. The molecule has 0 aliphatic carbocycles. The summed E-state index contributed by atoms with van der Waals surface area (Å²) in [7, 11) is 1.58. The van der Waals surface area contributed by atoms with Gasteiger partial charge in [-0.15, -0.1) is 0 Å². The van der Waals surface area contributed by atoms with Crippen molar-refractivity contribution in [2.75, 3.05) is 20.2 Å². The van der Waals surface area contributed by atoms with Crippen LogP contribution in [0.1, 0.15) is 18.1 Å². The van der Waals surface area contributed by atoms with Gasteiger partial charge < -0.3 is 15.4 Å². The summed E-state index contributed by atoms with van der Waals surface area (Å²) >= 11 is 0. The maximum absolute atomic E-state index is 12.9. The van der Waals surface area contributed by atoms with Crippen LogP contribution in [0.4, 0.5) is 10.5 Å². The first-order chi connectivity index (χ1) is 14.7. The highest BCUT2D eigenvalue weighted by Gasteiger charge is 2.49. The number of hydrogen-bond donors (Lipinski definition) is 2. The predicted molar refractivity (Wildman–Crippen MR) is 110 cm³/mol. The van der Waals surface area contributed by atoms with Crippen LogP contribution in [-0.2, 0) is 21.5 Å². The van der Waals surface area contributed by atoms with Crippen LogP contribution in [0.3, 0.4) is 0 Å². The summed E-state index contributed by atoms with van der Waals surface area (Å²) < 4.78 is 5.10. The Hall–Kier alpha value is -3.95. The van der Waals surface area contributed by atoms with E-state index < -0.39 is 34.9 Å². The van der Waals surface area contributed by atoms with Gasteiger partial charge in [0.25, 0.3) is 11.6 Å². The lowest BCUT2D eigenvalue weighted by atomic mass is 9.92. The average Bonchev–Trinajstić information content (AvgIpc) is 2.98. The van der Waals surface area contributed by atoms with Gasteiger partial charge in [0, 0.05) is 18.7 Å². The SMILES string of the molecule is COc1ccc(CCNC(=O)CN2C(=O)N[C@@](C)(c3ccc([N+](=O)[O-])cc3)C2=O)cc1. The van der Waals surface area contributed by atoms with Crippen molar-refractivity contribution in [3.63, 3.8) is 0 Å². The van der Waals surface area contributed by atoms with Crippen molar-refractivity contribution in [2.45, 2.75) is 18.9 Å². The molecule has 0 aromatic heterocycles. The Labute approximate surface area is 178 Å². The molecule has 162 valence electrons. The first kappa shape index (κ1) is 21.8. The Morgan fingerprint density at radius 3 is 2.39 bits per heavy atom. The van der Waals surface area contributed by atoms with E-state index in [1.165, 1.54) is 31.2 Å². The molecule has 0 unspecified atom stereocenters. The Morgan fingerprint density at radius 1 is 1.16 bits per heavy atom. The van der Waals surface area contributed by atoms with E-state index in [0.29, 0.717) is 18.5 Å². The number of nitrogens with zero attached hydrogens (tertiary/aromatic N) is 2. The largest absolute Gasteiger partial charge is 0.497 e. The van der Waals surface area contributed by atoms with Gasteiger partial charge in [0.15, 0.2) is 0 Å². The molecule has 2 N–H and O–H groups in total. The molecule has 10 heteroatoms. The first-order valence-electron chi connectivity index (χ1n) is 9.53. The Morgan fingerprint density at radius 2 is 1.81 bits per heavy atom. The van der Waals surface area contributed by atoms with E-state index in [0.717, 1.165) is 16.2 Å². The van der Waals surface area contributed by atoms with Gasteiger partial charge >= 0.3 is 6.03 Å². The molecule has 0 saturated carbocycles. The third-order valence-electron chi connectivity index (χ3n) is 5.13. The van der Waals surface area contributed by atoms with E-state index in [9.17, 15) is 24.5 Å². The molecule has 2 aromatic carbocycles. The number of nitrogens with one attached hydrogen (secondary N) is 2. The molecule has 0 spiro atoms. The number of carbonyl (C=O) groups is 3. The van der Waals surface area contributed by atoms with Gasteiger partial charge in [-0.1, -0.05) is 12.1 Å². The number of nitro benzene ring substituents is 1. The van der Waals surface area contributed by atoms with E-state index in [4.69, 9.17) is 4.74 Å². The van der Waals surface area contributed by atoms with Crippen LogP contribution in [0.2, 0.25) is 0 Å². The minimum atomic E-state index is -1.41. The number of amides is 4. The monoisotopic (exact) mass is 426 g/mol. The fourth-order valence-electron chi connectivity index (χ4n) is 3.29. The molecular weight excluding hydrogens is 404 g/mol. The van der Waals surface area contributed by atoms with Crippen molar-refractivity contribution in [2.24, 2.45) is 0 Å². The molecule has 1 aliphatic heterocycles. The van der Waals surface area contributed by atoms with Crippen LogP contribution in [0.15, 0.2) is 48.5 Å². The topological polar surface area (TPSA) is 131 Å². The molecule has 0 radical (unpaired) electrons. The van der Waals surface area contributed by atoms with E-state index >= 15 is 0 Å². The zero-order valence-corrected chi connectivity index (χ0v) is 17.1. The summed E-state index contributed by atoms with van der Waals surface area (Å²) in [5, 5.41) is 16.1. The van der Waals surface area contributed by atoms with Crippen LogP contribution in [-0.4, -0.2) is 47.9 Å². The number of rotatable bonds is 8. The third kappa shape index (κ3) is 4.63. The highest BCUT2D eigenvalue weighted by atomic mass is 16.6. The van der Waals surface area contributed by atoms with E-state index in [1.807, 2.05) is 24.3 Å². The van der Waals surface area contributed by atoms with Crippen molar-refractivity contribution in [3.05, 3.63) is 69.8 Å². The lowest BCUT2D eigenvalue weighted by Crippen LogP contribution is -2.43. The molecule has 1 saturated heterocycles. The van der Waals surface area contributed by atoms with Crippen molar-refractivity contribution >= 4 is 23.5 Å². The van der Waals surface area contributed by atoms with Gasteiger partial charge in [-0.3, -0.25) is 24.6 Å². The fraction of sp³-hybridized carbons (Fsp3) is 0.286. The van der Waals surface area contributed by atoms with E-state index in [2.05, 4.69) is 10.6 Å². The van der Waals surface area contributed by atoms with Gasteiger partial charge in [-0.2, -0.15) is 0 Å². The van der Waals surface area contributed by atoms with E-state index in [1.54, 1.807) is 7.11 Å². The zero-order valence-electron chi connectivity index (χ0n) is 17.1.